The van der Waals surface area contributed by atoms with Gasteiger partial charge in [0.25, 0.3) is 0 Å². The van der Waals surface area contributed by atoms with Gasteiger partial charge in [0.05, 0.1) is 0 Å². The third-order valence-corrected chi connectivity index (χ3v) is 1.33. The number of halogens is 1. The smallest absolute Gasteiger partial charge is 0.0487 e. The first-order valence-electron chi connectivity index (χ1n) is 3.54. The highest BCUT2D eigenvalue weighted by Crippen LogP contribution is 1.88. The highest BCUT2D eigenvalue weighted by molar-refractivity contribution is 6.17. The standard InChI is InChI=1S/C7H15ClO2/c1-9-5-3-7-10-6-2-4-8/h2-7H2,1H3. The van der Waals surface area contributed by atoms with Crippen LogP contribution in [-0.4, -0.2) is 32.8 Å². The van der Waals surface area contributed by atoms with Crippen LogP contribution in [0.2, 0.25) is 0 Å². The zero-order chi connectivity index (χ0) is 7.66. The molecule has 0 saturated heterocycles. The van der Waals surface area contributed by atoms with Gasteiger partial charge >= 0.3 is 0 Å². The van der Waals surface area contributed by atoms with Gasteiger partial charge in [-0.3, -0.25) is 0 Å². The maximum atomic E-state index is 5.44. The Hall–Kier alpha value is 0.210. The monoisotopic (exact) mass is 166 g/mol. The van der Waals surface area contributed by atoms with E-state index in [0.717, 1.165) is 32.7 Å². The lowest BCUT2D eigenvalue weighted by atomic mass is 10.5. The van der Waals surface area contributed by atoms with Crippen LogP contribution in [0.3, 0.4) is 0 Å². The highest BCUT2D eigenvalue weighted by atomic mass is 35.5. The molecule has 0 saturated carbocycles. The Morgan fingerprint density at radius 1 is 1.10 bits per heavy atom. The summed E-state index contributed by atoms with van der Waals surface area (Å²) in [7, 11) is 1.69. The number of hydrogen-bond donors (Lipinski definition) is 0. The molecule has 0 aromatic heterocycles. The Morgan fingerprint density at radius 2 is 1.80 bits per heavy atom. The average Bonchev–Trinajstić information content (AvgIpc) is 1.97. The quantitative estimate of drug-likeness (QED) is 0.423. The van der Waals surface area contributed by atoms with Crippen LogP contribution < -0.4 is 0 Å². The second kappa shape index (κ2) is 9.21. The molecule has 0 bridgehead atoms. The van der Waals surface area contributed by atoms with E-state index in [-0.39, 0.29) is 0 Å². The summed E-state index contributed by atoms with van der Waals surface area (Å²) in [6, 6.07) is 0. The van der Waals surface area contributed by atoms with Crippen LogP contribution >= 0.6 is 11.6 Å². The van der Waals surface area contributed by atoms with E-state index in [4.69, 9.17) is 21.1 Å². The van der Waals surface area contributed by atoms with Crippen molar-refractivity contribution in [2.24, 2.45) is 0 Å². The van der Waals surface area contributed by atoms with Crippen molar-refractivity contribution >= 4 is 11.6 Å². The van der Waals surface area contributed by atoms with E-state index in [1.54, 1.807) is 7.11 Å². The van der Waals surface area contributed by atoms with E-state index < -0.39 is 0 Å². The molecule has 0 fully saturated rings. The fourth-order valence-corrected chi connectivity index (χ4v) is 0.673. The molecular formula is C7H15ClO2. The van der Waals surface area contributed by atoms with Crippen LogP contribution in [0.5, 0.6) is 0 Å². The third kappa shape index (κ3) is 8.21. The Bertz CT molecular complexity index is 51.6. The van der Waals surface area contributed by atoms with Gasteiger partial charge < -0.3 is 9.47 Å². The maximum absolute atomic E-state index is 5.44. The molecule has 10 heavy (non-hydrogen) atoms. The third-order valence-electron chi connectivity index (χ3n) is 1.06. The predicted molar refractivity (Wildman–Crippen MR) is 42.6 cm³/mol. The predicted octanol–water partition coefficient (Wildman–Crippen LogP) is 1.67. The van der Waals surface area contributed by atoms with Gasteiger partial charge in [-0.05, 0) is 12.8 Å². The van der Waals surface area contributed by atoms with Gasteiger partial charge in [-0.15, -0.1) is 11.6 Å². The number of alkyl halides is 1. The molecule has 0 spiro atoms. The molecule has 0 aromatic rings. The second-order valence-corrected chi connectivity index (χ2v) is 2.38. The van der Waals surface area contributed by atoms with Crippen molar-refractivity contribution in [3.8, 4) is 0 Å². The van der Waals surface area contributed by atoms with Gasteiger partial charge in [0, 0.05) is 32.8 Å². The van der Waals surface area contributed by atoms with Crippen molar-refractivity contribution in [3.63, 3.8) is 0 Å². The topological polar surface area (TPSA) is 18.5 Å². The molecule has 0 aliphatic heterocycles. The summed E-state index contributed by atoms with van der Waals surface area (Å²) in [4.78, 5) is 0. The lowest BCUT2D eigenvalue weighted by Gasteiger charge is -2.00. The van der Waals surface area contributed by atoms with E-state index in [2.05, 4.69) is 0 Å². The van der Waals surface area contributed by atoms with Crippen LogP contribution in [0.15, 0.2) is 0 Å². The van der Waals surface area contributed by atoms with Crippen molar-refractivity contribution in [1.29, 1.82) is 0 Å². The molecule has 0 unspecified atom stereocenters. The average molecular weight is 167 g/mol. The summed E-state index contributed by atoms with van der Waals surface area (Å²) in [5.74, 6) is 0.685. The van der Waals surface area contributed by atoms with Gasteiger partial charge in [0.1, 0.15) is 0 Å². The Morgan fingerprint density at radius 3 is 2.40 bits per heavy atom. The zero-order valence-electron chi connectivity index (χ0n) is 6.44. The molecule has 0 aromatic carbocycles. The number of methoxy groups -OCH3 is 1. The Balaban J connectivity index is 2.65. The minimum absolute atomic E-state index is 0.685. The molecule has 62 valence electrons. The lowest BCUT2D eigenvalue weighted by molar-refractivity contribution is 0.104. The SMILES string of the molecule is COCCCOCCCCl. The molecule has 2 nitrogen and oxygen atoms in total. The van der Waals surface area contributed by atoms with E-state index in [1.165, 1.54) is 0 Å². The molecule has 0 aliphatic carbocycles. The first kappa shape index (κ1) is 10.2. The van der Waals surface area contributed by atoms with Crippen LogP contribution in [0.25, 0.3) is 0 Å². The summed E-state index contributed by atoms with van der Waals surface area (Å²) in [6.45, 7) is 2.33. The molecule has 3 heteroatoms. The Labute approximate surface area is 67.5 Å². The molecule has 0 amide bonds. The van der Waals surface area contributed by atoms with Crippen LogP contribution in [0, 0.1) is 0 Å². The highest BCUT2D eigenvalue weighted by Gasteiger charge is 1.87. The van der Waals surface area contributed by atoms with E-state index in [9.17, 15) is 0 Å². The summed E-state index contributed by atoms with van der Waals surface area (Å²) >= 11 is 5.44. The first-order valence-corrected chi connectivity index (χ1v) is 4.08. The van der Waals surface area contributed by atoms with Gasteiger partial charge in [0.15, 0.2) is 0 Å². The minimum atomic E-state index is 0.685. The van der Waals surface area contributed by atoms with E-state index >= 15 is 0 Å². The number of ether oxygens (including phenoxy) is 2. The minimum Gasteiger partial charge on any atom is -0.385 e. The molecule has 0 N–H and O–H groups in total. The van der Waals surface area contributed by atoms with Gasteiger partial charge in [-0.25, -0.2) is 0 Å². The van der Waals surface area contributed by atoms with E-state index in [0.29, 0.717) is 5.88 Å². The zero-order valence-corrected chi connectivity index (χ0v) is 7.19. The molecule has 0 radical (unpaired) electrons. The number of hydrogen-bond acceptors (Lipinski definition) is 2. The fraction of sp³-hybridized carbons (Fsp3) is 1.00. The molecule has 0 aliphatic rings. The van der Waals surface area contributed by atoms with E-state index in [1.807, 2.05) is 0 Å². The normalized spacial score (nSPS) is 10.2. The lowest BCUT2D eigenvalue weighted by Crippen LogP contribution is -2.00. The summed E-state index contributed by atoms with van der Waals surface area (Å²) < 4.78 is 10.1. The largest absolute Gasteiger partial charge is 0.385 e. The summed E-state index contributed by atoms with van der Waals surface area (Å²) in [5, 5.41) is 0. The van der Waals surface area contributed by atoms with Crippen molar-refractivity contribution in [2.45, 2.75) is 12.8 Å². The van der Waals surface area contributed by atoms with Crippen LogP contribution in [-0.2, 0) is 9.47 Å². The fourth-order valence-electron chi connectivity index (χ4n) is 0.564. The van der Waals surface area contributed by atoms with Gasteiger partial charge in [-0.1, -0.05) is 0 Å². The molecule has 0 heterocycles. The molecular weight excluding hydrogens is 152 g/mol. The van der Waals surface area contributed by atoms with Crippen LogP contribution in [0.4, 0.5) is 0 Å². The first-order chi connectivity index (χ1) is 4.91. The van der Waals surface area contributed by atoms with Crippen molar-refractivity contribution in [1.82, 2.24) is 0 Å². The van der Waals surface area contributed by atoms with Crippen molar-refractivity contribution in [3.05, 3.63) is 0 Å². The van der Waals surface area contributed by atoms with Crippen molar-refractivity contribution in [2.75, 3.05) is 32.8 Å². The maximum Gasteiger partial charge on any atom is 0.0487 e. The Kier molecular flexibility index (Phi) is 9.40. The summed E-state index contributed by atoms with van der Waals surface area (Å²) in [5.41, 5.74) is 0. The van der Waals surface area contributed by atoms with Gasteiger partial charge in [-0.2, -0.15) is 0 Å². The molecule has 0 rings (SSSR count). The van der Waals surface area contributed by atoms with Gasteiger partial charge in [0.2, 0.25) is 0 Å². The summed E-state index contributed by atoms with van der Waals surface area (Å²) in [6.07, 6.45) is 1.91. The van der Waals surface area contributed by atoms with Crippen molar-refractivity contribution < 1.29 is 9.47 Å². The molecule has 0 atom stereocenters. The second-order valence-electron chi connectivity index (χ2n) is 2.00. The number of rotatable bonds is 7. The van der Waals surface area contributed by atoms with Crippen LogP contribution in [0.1, 0.15) is 12.8 Å².